The standard InChI is InChI=1S/C13H11Cl4NO/c1-2-18-6-7-3-4-10(19-7)11-8(14)5-9(15)12(16)13(11)17/h3-5,18H,2,6H2,1H3. The van der Waals surface area contributed by atoms with Crippen LogP contribution in [0.5, 0.6) is 0 Å². The number of halogens is 4. The third-order valence-electron chi connectivity index (χ3n) is 2.57. The molecule has 0 atom stereocenters. The lowest BCUT2D eigenvalue weighted by Gasteiger charge is -2.07. The second-order valence-electron chi connectivity index (χ2n) is 3.89. The third kappa shape index (κ3) is 3.21. The Balaban J connectivity index is 2.42. The van der Waals surface area contributed by atoms with Gasteiger partial charge in [0.2, 0.25) is 0 Å². The lowest BCUT2D eigenvalue weighted by atomic mass is 10.1. The third-order valence-corrected chi connectivity index (χ3v) is 4.13. The first-order valence-electron chi connectivity index (χ1n) is 5.67. The first kappa shape index (κ1) is 15.0. The van der Waals surface area contributed by atoms with Gasteiger partial charge < -0.3 is 9.73 Å². The van der Waals surface area contributed by atoms with Crippen LogP contribution in [0.25, 0.3) is 11.3 Å². The summed E-state index contributed by atoms with van der Waals surface area (Å²) in [5.41, 5.74) is 0.556. The van der Waals surface area contributed by atoms with Crippen LogP contribution >= 0.6 is 46.4 Å². The molecule has 6 heteroatoms. The highest BCUT2D eigenvalue weighted by Gasteiger charge is 2.18. The fourth-order valence-electron chi connectivity index (χ4n) is 1.65. The van der Waals surface area contributed by atoms with E-state index in [1.165, 1.54) is 0 Å². The second-order valence-corrected chi connectivity index (χ2v) is 5.46. The van der Waals surface area contributed by atoms with Gasteiger partial charge in [-0.15, -0.1) is 0 Å². The fraction of sp³-hybridized carbons (Fsp3) is 0.231. The maximum Gasteiger partial charge on any atom is 0.137 e. The van der Waals surface area contributed by atoms with Gasteiger partial charge in [-0.2, -0.15) is 0 Å². The van der Waals surface area contributed by atoms with E-state index < -0.39 is 0 Å². The molecular formula is C13H11Cl4NO. The predicted molar refractivity (Wildman–Crippen MR) is 81.6 cm³/mol. The van der Waals surface area contributed by atoms with E-state index in [0.717, 1.165) is 12.3 Å². The lowest BCUT2D eigenvalue weighted by molar-refractivity contribution is 0.498. The smallest absolute Gasteiger partial charge is 0.137 e. The quantitative estimate of drug-likeness (QED) is 0.574. The van der Waals surface area contributed by atoms with E-state index in [1.54, 1.807) is 6.07 Å². The van der Waals surface area contributed by atoms with Gasteiger partial charge in [-0.25, -0.2) is 0 Å². The number of benzene rings is 1. The van der Waals surface area contributed by atoms with E-state index in [0.29, 0.717) is 32.9 Å². The first-order chi connectivity index (χ1) is 9.04. The molecule has 0 unspecified atom stereocenters. The highest BCUT2D eigenvalue weighted by molar-refractivity contribution is 6.51. The van der Waals surface area contributed by atoms with Gasteiger partial charge in [0.15, 0.2) is 0 Å². The van der Waals surface area contributed by atoms with E-state index >= 15 is 0 Å². The van der Waals surface area contributed by atoms with Gasteiger partial charge in [0.25, 0.3) is 0 Å². The molecule has 0 radical (unpaired) electrons. The minimum absolute atomic E-state index is 0.271. The topological polar surface area (TPSA) is 25.2 Å². The lowest BCUT2D eigenvalue weighted by Crippen LogP contribution is -2.10. The minimum Gasteiger partial charge on any atom is -0.460 e. The molecule has 0 fully saturated rings. The number of rotatable bonds is 4. The van der Waals surface area contributed by atoms with Crippen LogP contribution in [-0.4, -0.2) is 6.54 Å². The van der Waals surface area contributed by atoms with Crippen molar-refractivity contribution < 1.29 is 4.42 Å². The highest BCUT2D eigenvalue weighted by atomic mass is 35.5. The molecule has 0 aliphatic heterocycles. The van der Waals surface area contributed by atoms with Gasteiger partial charge >= 0.3 is 0 Å². The number of furan rings is 1. The normalized spacial score (nSPS) is 11.0. The van der Waals surface area contributed by atoms with Crippen LogP contribution in [0.1, 0.15) is 12.7 Å². The predicted octanol–water partition coefficient (Wildman–Crippen LogP) is 5.67. The Morgan fingerprint density at radius 2 is 1.79 bits per heavy atom. The molecule has 0 bridgehead atoms. The van der Waals surface area contributed by atoms with Crippen molar-refractivity contribution >= 4 is 46.4 Å². The van der Waals surface area contributed by atoms with Crippen molar-refractivity contribution in [1.82, 2.24) is 5.32 Å². The molecule has 0 saturated carbocycles. The molecule has 1 heterocycles. The van der Waals surface area contributed by atoms with Crippen molar-refractivity contribution in [2.45, 2.75) is 13.5 Å². The van der Waals surface area contributed by atoms with Gasteiger partial charge in [0, 0.05) is 0 Å². The van der Waals surface area contributed by atoms with Crippen molar-refractivity contribution in [3.8, 4) is 11.3 Å². The van der Waals surface area contributed by atoms with Crippen molar-refractivity contribution in [3.05, 3.63) is 44.0 Å². The number of nitrogens with one attached hydrogen (secondary N) is 1. The van der Waals surface area contributed by atoms with Crippen LogP contribution in [0.4, 0.5) is 0 Å². The summed E-state index contributed by atoms with van der Waals surface area (Å²) in [6.07, 6.45) is 0. The second kappa shape index (κ2) is 6.38. The average molecular weight is 339 g/mol. The summed E-state index contributed by atoms with van der Waals surface area (Å²) in [6.45, 7) is 3.54. The number of hydrogen-bond acceptors (Lipinski definition) is 2. The largest absolute Gasteiger partial charge is 0.460 e. The van der Waals surface area contributed by atoms with Crippen molar-refractivity contribution in [1.29, 1.82) is 0 Å². The van der Waals surface area contributed by atoms with Crippen LogP contribution < -0.4 is 5.32 Å². The van der Waals surface area contributed by atoms with E-state index in [1.807, 2.05) is 19.1 Å². The highest BCUT2D eigenvalue weighted by Crippen LogP contribution is 2.43. The van der Waals surface area contributed by atoms with E-state index in [4.69, 9.17) is 50.8 Å². The zero-order valence-corrected chi connectivity index (χ0v) is 13.1. The van der Waals surface area contributed by atoms with E-state index in [9.17, 15) is 0 Å². The summed E-state index contributed by atoms with van der Waals surface area (Å²) < 4.78 is 5.70. The molecule has 2 nitrogen and oxygen atoms in total. The first-order valence-corrected chi connectivity index (χ1v) is 7.18. The Hall–Kier alpha value is -0.380. The Bertz CT molecular complexity index is 595. The van der Waals surface area contributed by atoms with Gasteiger partial charge in [-0.1, -0.05) is 53.3 Å². The molecule has 0 spiro atoms. The summed E-state index contributed by atoms with van der Waals surface area (Å²) >= 11 is 24.3. The minimum atomic E-state index is 0.271. The Labute approximate surface area is 131 Å². The summed E-state index contributed by atoms with van der Waals surface area (Å²) in [5, 5.41) is 4.46. The van der Waals surface area contributed by atoms with Gasteiger partial charge in [-0.3, -0.25) is 0 Å². The van der Waals surface area contributed by atoms with Gasteiger partial charge in [0.1, 0.15) is 11.5 Å². The van der Waals surface area contributed by atoms with Crippen LogP contribution in [0.3, 0.4) is 0 Å². The zero-order valence-electron chi connectivity index (χ0n) is 10.1. The van der Waals surface area contributed by atoms with Crippen molar-refractivity contribution in [2.24, 2.45) is 0 Å². The molecule has 0 amide bonds. The molecule has 0 aliphatic rings. The summed E-state index contributed by atoms with van der Waals surface area (Å²) in [4.78, 5) is 0. The maximum absolute atomic E-state index is 6.18. The van der Waals surface area contributed by atoms with Crippen LogP contribution in [0, 0.1) is 0 Å². The SMILES string of the molecule is CCNCc1ccc(-c2c(Cl)cc(Cl)c(Cl)c2Cl)o1. The molecule has 2 rings (SSSR count). The monoisotopic (exact) mass is 337 g/mol. The Morgan fingerprint density at radius 1 is 1.05 bits per heavy atom. The van der Waals surface area contributed by atoms with Crippen molar-refractivity contribution in [2.75, 3.05) is 6.54 Å². The van der Waals surface area contributed by atoms with Gasteiger partial charge in [0.05, 0.1) is 32.2 Å². The molecule has 0 saturated heterocycles. The summed E-state index contributed by atoms with van der Waals surface area (Å²) in [5.74, 6) is 1.37. The Kier molecular flexibility index (Phi) is 5.04. The molecule has 1 aromatic heterocycles. The average Bonchev–Trinajstić information content (AvgIpc) is 2.82. The molecule has 1 aromatic carbocycles. The molecule has 102 valence electrons. The van der Waals surface area contributed by atoms with Crippen LogP contribution in [-0.2, 0) is 6.54 Å². The summed E-state index contributed by atoms with van der Waals surface area (Å²) in [6, 6.07) is 5.23. The Morgan fingerprint density at radius 3 is 2.47 bits per heavy atom. The summed E-state index contributed by atoms with van der Waals surface area (Å²) in [7, 11) is 0. The van der Waals surface area contributed by atoms with Crippen LogP contribution in [0.2, 0.25) is 20.1 Å². The zero-order chi connectivity index (χ0) is 14.0. The molecular weight excluding hydrogens is 328 g/mol. The van der Waals surface area contributed by atoms with Crippen LogP contribution in [0.15, 0.2) is 22.6 Å². The molecule has 19 heavy (non-hydrogen) atoms. The molecule has 1 N–H and O–H groups in total. The maximum atomic E-state index is 6.18. The fourth-order valence-corrected chi connectivity index (χ4v) is 2.75. The van der Waals surface area contributed by atoms with E-state index in [2.05, 4.69) is 5.32 Å². The molecule has 2 aromatic rings. The van der Waals surface area contributed by atoms with E-state index in [-0.39, 0.29) is 5.02 Å². The van der Waals surface area contributed by atoms with Crippen molar-refractivity contribution in [3.63, 3.8) is 0 Å². The van der Waals surface area contributed by atoms with Gasteiger partial charge in [-0.05, 0) is 24.7 Å². The molecule has 0 aliphatic carbocycles. The number of hydrogen-bond donors (Lipinski definition) is 1.